The smallest absolute Gasteiger partial charge is 0.310 e. The molecule has 0 saturated carbocycles. The standard InChI is InChI=1S/C21H24N2O6/c1-27-17-9-8-15(12-18(17)28-2)13-21(26)29-14-20(25)23(11-10-19(22)24)16-6-4-3-5-7-16/h3-9,12H,10-11,13-14H2,1-2H3,(H2,22,24). The minimum Gasteiger partial charge on any atom is -0.493 e. The number of carbonyl (C=O) groups excluding carboxylic acids is 3. The van der Waals surface area contributed by atoms with E-state index >= 15 is 0 Å². The second kappa shape index (κ2) is 10.7. The zero-order chi connectivity index (χ0) is 21.2. The minimum atomic E-state index is -0.562. The van der Waals surface area contributed by atoms with Gasteiger partial charge >= 0.3 is 5.97 Å². The van der Waals surface area contributed by atoms with Gasteiger partial charge in [-0.05, 0) is 29.8 Å². The molecule has 2 aromatic carbocycles. The summed E-state index contributed by atoms with van der Waals surface area (Å²) in [6, 6.07) is 13.9. The van der Waals surface area contributed by atoms with Crippen LogP contribution in [0.5, 0.6) is 11.5 Å². The van der Waals surface area contributed by atoms with Gasteiger partial charge in [0.05, 0.1) is 20.6 Å². The number of primary amides is 1. The molecule has 0 spiro atoms. The Hall–Kier alpha value is -3.55. The van der Waals surface area contributed by atoms with E-state index in [1.165, 1.54) is 19.1 Å². The van der Waals surface area contributed by atoms with E-state index in [1.54, 1.807) is 42.5 Å². The molecule has 0 heterocycles. The number of benzene rings is 2. The third kappa shape index (κ3) is 6.53. The van der Waals surface area contributed by atoms with Crippen LogP contribution in [0.3, 0.4) is 0 Å². The Morgan fingerprint density at radius 3 is 2.28 bits per heavy atom. The highest BCUT2D eigenvalue weighted by atomic mass is 16.5. The topological polar surface area (TPSA) is 108 Å². The van der Waals surface area contributed by atoms with Crippen molar-refractivity contribution >= 4 is 23.5 Å². The number of anilines is 1. The average Bonchev–Trinajstić information content (AvgIpc) is 2.72. The lowest BCUT2D eigenvalue weighted by Crippen LogP contribution is -2.37. The number of nitrogens with zero attached hydrogens (tertiary/aromatic N) is 1. The highest BCUT2D eigenvalue weighted by molar-refractivity contribution is 5.95. The third-order valence-electron chi connectivity index (χ3n) is 4.10. The van der Waals surface area contributed by atoms with Gasteiger partial charge in [-0.1, -0.05) is 24.3 Å². The van der Waals surface area contributed by atoms with E-state index in [0.717, 1.165) is 0 Å². The third-order valence-corrected chi connectivity index (χ3v) is 4.10. The Bertz CT molecular complexity index is 854. The van der Waals surface area contributed by atoms with E-state index in [0.29, 0.717) is 22.7 Å². The molecule has 8 heteroatoms. The minimum absolute atomic E-state index is 0.000222. The summed E-state index contributed by atoms with van der Waals surface area (Å²) < 4.78 is 15.5. The van der Waals surface area contributed by atoms with Gasteiger partial charge in [0.1, 0.15) is 0 Å². The van der Waals surface area contributed by atoms with Gasteiger partial charge in [0.2, 0.25) is 5.91 Å². The van der Waals surface area contributed by atoms with Crippen molar-refractivity contribution in [2.24, 2.45) is 5.73 Å². The Kier molecular flexibility index (Phi) is 8.02. The van der Waals surface area contributed by atoms with Crippen LogP contribution in [0.15, 0.2) is 48.5 Å². The first-order chi connectivity index (χ1) is 13.9. The molecule has 29 heavy (non-hydrogen) atoms. The van der Waals surface area contributed by atoms with Gasteiger partial charge in [0.15, 0.2) is 18.1 Å². The molecule has 8 nitrogen and oxygen atoms in total. The summed E-state index contributed by atoms with van der Waals surface area (Å²) in [5, 5.41) is 0. The summed E-state index contributed by atoms with van der Waals surface area (Å²) in [6.07, 6.45) is -0.0273. The van der Waals surface area contributed by atoms with Crippen LogP contribution in [0.1, 0.15) is 12.0 Å². The van der Waals surface area contributed by atoms with E-state index in [4.69, 9.17) is 19.9 Å². The van der Waals surface area contributed by atoms with E-state index in [9.17, 15) is 14.4 Å². The summed E-state index contributed by atoms with van der Waals surface area (Å²) in [7, 11) is 3.02. The lowest BCUT2D eigenvalue weighted by atomic mass is 10.1. The molecule has 0 aliphatic rings. The Morgan fingerprint density at radius 2 is 1.66 bits per heavy atom. The normalized spacial score (nSPS) is 10.1. The van der Waals surface area contributed by atoms with Crippen molar-refractivity contribution in [3.8, 4) is 11.5 Å². The maximum atomic E-state index is 12.6. The van der Waals surface area contributed by atoms with Gasteiger partial charge in [0, 0.05) is 18.7 Å². The van der Waals surface area contributed by atoms with E-state index in [2.05, 4.69) is 0 Å². The van der Waals surface area contributed by atoms with E-state index < -0.39 is 24.4 Å². The van der Waals surface area contributed by atoms with Crippen LogP contribution in [-0.4, -0.2) is 45.2 Å². The Balaban J connectivity index is 1.98. The molecule has 0 atom stereocenters. The fourth-order valence-corrected chi connectivity index (χ4v) is 2.66. The van der Waals surface area contributed by atoms with Gasteiger partial charge in [-0.3, -0.25) is 14.4 Å². The molecule has 2 aromatic rings. The molecule has 2 rings (SSSR count). The fraction of sp³-hybridized carbons (Fsp3) is 0.286. The molecule has 0 saturated heterocycles. The molecule has 0 bridgehead atoms. The molecule has 0 aliphatic heterocycles. The molecule has 0 fully saturated rings. The first kappa shape index (κ1) is 21.7. The molecular formula is C21H24N2O6. The summed E-state index contributed by atoms with van der Waals surface area (Å²) in [5.74, 6) is -0.487. The number of hydrogen-bond donors (Lipinski definition) is 1. The largest absolute Gasteiger partial charge is 0.493 e. The van der Waals surface area contributed by atoms with Crippen LogP contribution in [0.25, 0.3) is 0 Å². The zero-order valence-corrected chi connectivity index (χ0v) is 16.4. The summed E-state index contributed by atoms with van der Waals surface area (Å²) >= 11 is 0. The number of nitrogens with two attached hydrogens (primary N) is 1. The van der Waals surface area contributed by atoms with Crippen LogP contribution in [0.4, 0.5) is 5.69 Å². The Morgan fingerprint density at radius 1 is 0.966 bits per heavy atom. The molecule has 0 radical (unpaired) electrons. The molecule has 154 valence electrons. The van der Waals surface area contributed by atoms with Crippen LogP contribution >= 0.6 is 0 Å². The highest BCUT2D eigenvalue weighted by Crippen LogP contribution is 2.27. The highest BCUT2D eigenvalue weighted by Gasteiger charge is 2.18. The number of esters is 1. The van der Waals surface area contributed by atoms with Crippen LogP contribution < -0.4 is 20.1 Å². The summed E-state index contributed by atoms with van der Waals surface area (Å²) in [6.45, 7) is -0.342. The molecule has 2 amide bonds. The first-order valence-corrected chi connectivity index (χ1v) is 8.94. The SMILES string of the molecule is COc1ccc(CC(=O)OCC(=O)N(CCC(N)=O)c2ccccc2)cc1OC. The number of hydrogen-bond acceptors (Lipinski definition) is 6. The van der Waals surface area contributed by atoms with Gasteiger partial charge < -0.3 is 24.8 Å². The van der Waals surface area contributed by atoms with Crippen molar-refractivity contribution in [2.75, 3.05) is 32.3 Å². The van der Waals surface area contributed by atoms with E-state index in [-0.39, 0.29) is 19.4 Å². The van der Waals surface area contributed by atoms with Crippen molar-refractivity contribution in [1.29, 1.82) is 0 Å². The van der Waals surface area contributed by atoms with Crippen molar-refractivity contribution < 1.29 is 28.6 Å². The van der Waals surface area contributed by atoms with Crippen LogP contribution in [0.2, 0.25) is 0 Å². The maximum Gasteiger partial charge on any atom is 0.310 e. The molecule has 2 N–H and O–H groups in total. The van der Waals surface area contributed by atoms with Crippen LogP contribution in [-0.2, 0) is 25.5 Å². The number of rotatable bonds is 10. The summed E-state index contributed by atoms with van der Waals surface area (Å²) in [4.78, 5) is 37.2. The molecule has 0 aliphatic carbocycles. The second-order valence-electron chi connectivity index (χ2n) is 6.12. The van der Waals surface area contributed by atoms with Gasteiger partial charge in [0.25, 0.3) is 5.91 Å². The van der Waals surface area contributed by atoms with Crippen molar-refractivity contribution in [1.82, 2.24) is 0 Å². The monoisotopic (exact) mass is 400 g/mol. The Labute approximate surface area is 169 Å². The van der Waals surface area contributed by atoms with Gasteiger partial charge in [-0.2, -0.15) is 0 Å². The van der Waals surface area contributed by atoms with Crippen molar-refractivity contribution in [2.45, 2.75) is 12.8 Å². The molecule has 0 aromatic heterocycles. The number of ether oxygens (including phenoxy) is 3. The maximum absolute atomic E-state index is 12.6. The van der Waals surface area contributed by atoms with Gasteiger partial charge in [-0.15, -0.1) is 0 Å². The van der Waals surface area contributed by atoms with Crippen LogP contribution in [0, 0.1) is 0 Å². The predicted molar refractivity (Wildman–Crippen MR) is 107 cm³/mol. The van der Waals surface area contributed by atoms with Crippen molar-refractivity contribution in [3.05, 3.63) is 54.1 Å². The quantitative estimate of drug-likeness (QED) is 0.608. The zero-order valence-electron chi connectivity index (χ0n) is 16.4. The lowest BCUT2D eigenvalue weighted by molar-refractivity contribution is -0.147. The number of para-hydroxylation sites is 1. The molecule has 0 unspecified atom stereocenters. The van der Waals surface area contributed by atoms with Gasteiger partial charge in [-0.25, -0.2) is 0 Å². The first-order valence-electron chi connectivity index (χ1n) is 8.94. The number of methoxy groups -OCH3 is 2. The predicted octanol–water partition coefficient (Wildman–Crippen LogP) is 1.70. The lowest BCUT2D eigenvalue weighted by Gasteiger charge is -2.22. The van der Waals surface area contributed by atoms with Crippen molar-refractivity contribution in [3.63, 3.8) is 0 Å². The number of carbonyl (C=O) groups is 3. The average molecular weight is 400 g/mol. The summed E-state index contributed by atoms with van der Waals surface area (Å²) in [5.41, 5.74) is 6.44. The molecular weight excluding hydrogens is 376 g/mol. The number of amides is 2. The van der Waals surface area contributed by atoms with E-state index in [1.807, 2.05) is 6.07 Å². The second-order valence-corrected chi connectivity index (χ2v) is 6.12. The fourth-order valence-electron chi connectivity index (χ4n) is 2.66.